The first-order valence-corrected chi connectivity index (χ1v) is 11.6. The number of methoxy groups -OCH3 is 5. The van der Waals surface area contributed by atoms with Crippen LogP contribution in [0, 0.1) is 0 Å². The molecule has 0 radical (unpaired) electrons. The van der Waals surface area contributed by atoms with Crippen molar-refractivity contribution in [2.75, 3.05) is 48.8 Å². The van der Waals surface area contributed by atoms with Gasteiger partial charge in [0.05, 0.1) is 48.8 Å². The predicted molar refractivity (Wildman–Crippen MR) is 120 cm³/mol. The fourth-order valence-corrected chi connectivity index (χ4v) is 5.60. The highest BCUT2D eigenvalue weighted by Gasteiger charge is 2.41. The zero-order valence-corrected chi connectivity index (χ0v) is 20.4. The van der Waals surface area contributed by atoms with Crippen LogP contribution < -0.4 is 23.7 Å². The quantitative estimate of drug-likeness (QED) is 0.439. The van der Waals surface area contributed by atoms with Gasteiger partial charge in [0.25, 0.3) is 0 Å². The van der Waals surface area contributed by atoms with E-state index in [4.69, 9.17) is 32.7 Å². The SMILES string of the molecule is CCOP(=O)(OCC)[C@H](c1cc(OC)c(OC)c(OC)c1)c1cc(OC)c(OC)cc1O. The summed E-state index contributed by atoms with van der Waals surface area (Å²) in [5.74, 6) is 1.58. The van der Waals surface area contributed by atoms with Gasteiger partial charge in [-0.1, -0.05) is 0 Å². The highest BCUT2D eigenvalue weighted by molar-refractivity contribution is 7.54. The number of aromatic hydroxyl groups is 1. The van der Waals surface area contributed by atoms with Gasteiger partial charge in [-0.15, -0.1) is 0 Å². The highest BCUT2D eigenvalue weighted by atomic mass is 31.2. The summed E-state index contributed by atoms with van der Waals surface area (Å²) < 4.78 is 52.4. The van der Waals surface area contributed by atoms with Crippen LogP contribution >= 0.6 is 7.60 Å². The van der Waals surface area contributed by atoms with Crippen molar-refractivity contribution in [3.8, 4) is 34.5 Å². The Morgan fingerprint density at radius 2 is 1.22 bits per heavy atom. The van der Waals surface area contributed by atoms with E-state index in [9.17, 15) is 9.67 Å². The van der Waals surface area contributed by atoms with E-state index in [-0.39, 0.29) is 24.5 Å². The second-order valence-electron chi connectivity index (χ2n) is 6.50. The van der Waals surface area contributed by atoms with Gasteiger partial charge in [0, 0.05) is 11.6 Å². The molecule has 1 N–H and O–H groups in total. The van der Waals surface area contributed by atoms with E-state index in [2.05, 4.69) is 0 Å². The van der Waals surface area contributed by atoms with Gasteiger partial charge in [0.1, 0.15) is 11.4 Å². The second-order valence-corrected chi connectivity index (χ2v) is 8.62. The van der Waals surface area contributed by atoms with Crippen LogP contribution in [0.1, 0.15) is 30.6 Å². The van der Waals surface area contributed by atoms with Crippen LogP contribution in [0.4, 0.5) is 0 Å². The summed E-state index contributed by atoms with van der Waals surface area (Å²) in [7, 11) is 3.53. The number of rotatable bonds is 12. The zero-order valence-electron chi connectivity index (χ0n) is 19.5. The van der Waals surface area contributed by atoms with Gasteiger partial charge in [0.2, 0.25) is 5.75 Å². The molecule has 0 spiro atoms. The monoisotopic (exact) mass is 470 g/mol. The molecule has 0 aliphatic carbocycles. The van der Waals surface area contributed by atoms with Gasteiger partial charge in [-0.2, -0.15) is 0 Å². The van der Waals surface area contributed by atoms with Crippen molar-refractivity contribution < 1.29 is 42.4 Å². The third-order valence-electron chi connectivity index (χ3n) is 4.76. The van der Waals surface area contributed by atoms with Crippen LogP contribution in [0.15, 0.2) is 24.3 Å². The van der Waals surface area contributed by atoms with E-state index < -0.39 is 13.3 Å². The van der Waals surface area contributed by atoms with E-state index in [0.717, 1.165) is 0 Å². The predicted octanol–water partition coefficient (Wildman–Crippen LogP) is 4.79. The van der Waals surface area contributed by atoms with Crippen molar-refractivity contribution in [1.29, 1.82) is 0 Å². The first-order valence-electron chi connectivity index (χ1n) is 9.97. The van der Waals surface area contributed by atoms with E-state index in [1.165, 1.54) is 41.6 Å². The molecule has 178 valence electrons. The summed E-state index contributed by atoms with van der Waals surface area (Å²) in [5, 5.41) is 10.9. The summed E-state index contributed by atoms with van der Waals surface area (Å²) in [5.41, 5.74) is -0.301. The Morgan fingerprint density at radius 1 is 0.750 bits per heavy atom. The largest absolute Gasteiger partial charge is 0.507 e. The molecule has 0 aliphatic rings. The molecule has 2 rings (SSSR count). The average molecular weight is 470 g/mol. The molecule has 0 heterocycles. The summed E-state index contributed by atoms with van der Waals surface area (Å²) in [6.45, 7) is 3.69. The molecule has 10 heteroatoms. The van der Waals surface area contributed by atoms with Gasteiger partial charge >= 0.3 is 7.60 Å². The molecule has 0 aliphatic heterocycles. The molecule has 32 heavy (non-hydrogen) atoms. The molecule has 1 atom stereocenters. The number of ether oxygens (including phenoxy) is 5. The molecule has 0 unspecified atom stereocenters. The fourth-order valence-electron chi connectivity index (χ4n) is 3.44. The minimum absolute atomic E-state index is 0.131. The minimum atomic E-state index is -3.85. The first kappa shape index (κ1) is 25.6. The van der Waals surface area contributed by atoms with E-state index in [0.29, 0.717) is 34.3 Å². The normalized spacial score (nSPS) is 12.2. The van der Waals surface area contributed by atoms with Crippen LogP contribution in [0.5, 0.6) is 34.5 Å². The molecular weight excluding hydrogens is 439 g/mol. The van der Waals surface area contributed by atoms with Gasteiger partial charge < -0.3 is 37.8 Å². The lowest BCUT2D eigenvalue weighted by atomic mass is 10.0. The molecule has 0 bridgehead atoms. The second kappa shape index (κ2) is 11.3. The van der Waals surface area contributed by atoms with Crippen molar-refractivity contribution in [3.63, 3.8) is 0 Å². The van der Waals surface area contributed by atoms with Crippen molar-refractivity contribution >= 4 is 7.60 Å². The molecule has 9 nitrogen and oxygen atoms in total. The number of benzene rings is 2. The molecule has 2 aromatic carbocycles. The van der Waals surface area contributed by atoms with Crippen LogP contribution in [0.3, 0.4) is 0 Å². The summed E-state index contributed by atoms with van der Waals surface area (Å²) >= 11 is 0. The van der Waals surface area contributed by atoms with Crippen LogP contribution in [-0.2, 0) is 13.6 Å². The number of phenolic OH excluding ortho intramolecular Hbond substituents is 1. The smallest absolute Gasteiger partial charge is 0.342 e. The topological polar surface area (TPSA) is 102 Å². The van der Waals surface area contributed by atoms with Crippen molar-refractivity contribution in [2.45, 2.75) is 19.5 Å². The highest BCUT2D eigenvalue weighted by Crippen LogP contribution is 2.66. The average Bonchev–Trinajstić information content (AvgIpc) is 2.79. The fraction of sp³-hybridized carbons (Fsp3) is 0.455. The van der Waals surface area contributed by atoms with Crippen molar-refractivity contribution in [3.05, 3.63) is 35.4 Å². The molecule has 2 aromatic rings. The Bertz CT molecular complexity index is 926. The number of hydrogen-bond donors (Lipinski definition) is 1. The Morgan fingerprint density at radius 3 is 1.62 bits per heavy atom. The zero-order chi connectivity index (χ0) is 23.9. The van der Waals surface area contributed by atoms with Crippen molar-refractivity contribution in [1.82, 2.24) is 0 Å². The first-order chi connectivity index (χ1) is 15.3. The summed E-state index contributed by atoms with van der Waals surface area (Å²) in [4.78, 5) is 0. The third-order valence-corrected chi connectivity index (χ3v) is 7.21. The lowest BCUT2D eigenvalue weighted by Gasteiger charge is -2.29. The maximum Gasteiger partial charge on any atom is 0.342 e. The van der Waals surface area contributed by atoms with Gasteiger partial charge in [-0.25, -0.2) is 0 Å². The maximum absolute atomic E-state index is 14.0. The van der Waals surface area contributed by atoms with Crippen LogP contribution in [0.2, 0.25) is 0 Å². The lowest BCUT2D eigenvalue weighted by Crippen LogP contribution is -2.10. The molecule has 0 aromatic heterocycles. The minimum Gasteiger partial charge on any atom is -0.507 e. The third kappa shape index (κ3) is 5.06. The molecule has 0 amide bonds. The number of phenols is 1. The summed E-state index contributed by atoms with van der Waals surface area (Å²) in [6, 6.07) is 6.23. The van der Waals surface area contributed by atoms with Gasteiger partial charge in [-0.05, 0) is 37.6 Å². The molecule has 0 fully saturated rings. The standard InChI is InChI=1S/C22H31O9P/c1-8-30-32(24,31-9-2)22(15-12-17(25-3)18(26-4)13-16(15)23)14-10-19(27-5)21(29-7)20(11-14)28-6/h10-13,22-23H,8-9H2,1-7H3/t22-/m1/s1. The summed E-state index contributed by atoms with van der Waals surface area (Å²) in [6.07, 6.45) is 0. The molecule has 0 saturated heterocycles. The molecule has 0 saturated carbocycles. The Balaban J connectivity index is 2.90. The van der Waals surface area contributed by atoms with Crippen LogP contribution in [-0.4, -0.2) is 53.9 Å². The Kier molecular flexibility index (Phi) is 9.07. The molecular formula is C22H31O9P. The number of hydrogen-bond acceptors (Lipinski definition) is 9. The van der Waals surface area contributed by atoms with Gasteiger partial charge in [0.15, 0.2) is 23.0 Å². The van der Waals surface area contributed by atoms with E-state index >= 15 is 0 Å². The van der Waals surface area contributed by atoms with Crippen LogP contribution in [0.25, 0.3) is 0 Å². The van der Waals surface area contributed by atoms with Crippen molar-refractivity contribution in [2.24, 2.45) is 0 Å². The lowest BCUT2D eigenvalue weighted by molar-refractivity contribution is 0.214. The van der Waals surface area contributed by atoms with E-state index in [1.54, 1.807) is 32.0 Å². The maximum atomic E-state index is 14.0. The van der Waals surface area contributed by atoms with Gasteiger partial charge in [-0.3, -0.25) is 4.57 Å². The Hall–Kier alpha value is -2.61. The van der Waals surface area contributed by atoms with E-state index in [1.807, 2.05) is 0 Å². The Labute approximate surface area is 188 Å².